The third-order valence-corrected chi connectivity index (χ3v) is 0.866. The maximum absolute atomic E-state index is 3.03. The highest BCUT2D eigenvalue weighted by atomic mass is 32.2. The molecule has 0 aromatic carbocycles. The lowest BCUT2D eigenvalue weighted by atomic mass is 10.8. The average Bonchev–Trinajstić information content (AvgIpc) is 1.75. The van der Waals surface area contributed by atoms with Crippen LogP contribution in [0.5, 0.6) is 0 Å². The van der Waals surface area contributed by atoms with Crippen molar-refractivity contribution in [3.8, 4) is 0 Å². The lowest BCUT2D eigenvalue weighted by Gasteiger charge is -1.85. The third-order valence-electron chi connectivity index (χ3n) is 0.289. The van der Waals surface area contributed by atoms with Crippen molar-refractivity contribution in [2.75, 3.05) is 19.5 Å². The summed E-state index contributed by atoms with van der Waals surface area (Å²) in [6.07, 6.45) is 2.02. The molecule has 0 aliphatic heterocycles. The number of hydrogen-bond acceptors (Lipinski definition) is 2. The molecule has 0 bridgehead atoms. The van der Waals surface area contributed by atoms with Crippen LogP contribution in [0.1, 0.15) is 6.92 Å². The van der Waals surface area contributed by atoms with Gasteiger partial charge in [-0.15, -0.1) is 9.24 Å². The molecule has 0 fully saturated rings. The molecule has 1 unspecified atom stereocenters. The molecule has 3 heteroatoms. The van der Waals surface area contributed by atoms with Gasteiger partial charge in [0.15, 0.2) is 0 Å². The lowest BCUT2D eigenvalue weighted by Crippen LogP contribution is -1.97. The molecule has 0 spiro atoms. The van der Waals surface area contributed by atoms with E-state index in [9.17, 15) is 0 Å². The van der Waals surface area contributed by atoms with Crippen LogP contribution in [-0.4, -0.2) is 19.5 Å². The molecular formula is C4H14NPS. The summed E-state index contributed by atoms with van der Waals surface area (Å²) in [5.74, 6) is 0. The normalized spacial score (nSPS) is 6.86. The van der Waals surface area contributed by atoms with Gasteiger partial charge in [-0.25, -0.2) is 0 Å². The summed E-state index contributed by atoms with van der Waals surface area (Å²) in [7, 11) is 2.42. The van der Waals surface area contributed by atoms with Crippen LogP contribution in [-0.2, 0) is 0 Å². The van der Waals surface area contributed by atoms with Gasteiger partial charge in [0, 0.05) is 6.54 Å². The topological polar surface area (TPSA) is 12.0 Å². The zero-order valence-electron chi connectivity index (χ0n) is 5.19. The number of nitrogens with one attached hydrogen (secondary N) is 1. The summed E-state index contributed by atoms with van der Waals surface area (Å²) in [5.41, 5.74) is 0. The highest BCUT2D eigenvalue weighted by Gasteiger charge is 1.63. The Labute approximate surface area is 53.0 Å². The van der Waals surface area contributed by atoms with Crippen LogP contribution in [0.2, 0.25) is 0 Å². The fourth-order valence-corrected chi connectivity index (χ4v) is 0.433. The molecule has 0 saturated carbocycles. The second kappa shape index (κ2) is 15.9. The molecule has 1 atom stereocenters. The van der Waals surface area contributed by atoms with Crippen molar-refractivity contribution < 1.29 is 0 Å². The summed E-state index contributed by atoms with van der Waals surface area (Å²) in [6, 6.07) is 0. The summed E-state index contributed by atoms with van der Waals surface area (Å²) >= 11 is 1.65. The molecule has 0 amide bonds. The Morgan fingerprint density at radius 1 is 1.57 bits per heavy atom. The standard InChI is InChI=1S/C3H9NS.CH5P/c1-3-4-5-2;1-2/h4H,3H2,1-2H3;2H2,1H3. The first-order chi connectivity index (χ1) is 3.41. The van der Waals surface area contributed by atoms with Gasteiger partial charge in [-0.3, -0.25) is 4.72 Å². The van der Waals surface area contributed by atoms with E-state index >= 15 is 0 Å². The highest BCUT2D eigenvalue weighted by molar-refractivity contribution is 7.96. The van der Waals surface area contributed by atoms with Gasteiger partial charge < -0.3 is 0 Å². The Kier molecular flexibility index (Phi) is 24.2. The second-order valence-corrected chi connectivity index (χ2v) is 1.40. The Morgan fingerprint density at radius 3 is 2.00 bits per heavy atom. The zero-order valence-corrected chi connectivity index (χ0v) is 7.16. The summed E-state index contributed by atoms with van der Waals surface area (Å²) < 4.78 is 3.03. The van der Waals surface area contributed by atoms with Crippen LogP contribution in [0.3, 0.4) is 0 Å². The van der Waals surface area contributed by atoms with E-state index in [1.807, 2.05) is 12.9 Å². The van der Waals surface area contributed by atoms with Crippen LogP contribution < -0.4 is 4.72 Å². The minimum atomic E-state index is 1.06. The third kappa shape index (κ3) is 20.2. The van der Waals surface area contributed by atoms with E-state index in [0.29, 0.717) is 0 Å². The fraction of sp³-hybridized carbons (Fsp3) is 1.00. The molecule has 0 aromatic rings. The lowest BCUT2D eigenvalue weighted by molar-refractivity contribution is 1.04. The highest BCUT2D eigenvalue weighted by Crippen LogP contribution is 1.75. The Bertz CT molecular complexity index is 19.2. The van der Waals surface area contributed by atoms with Crippen molar-refractivity contribution in [3.05, 3.63) is 0 Å². The fourth-order valence-electron chi connectivity index (χ4n) is 0.144. The number of hydrogen-bond donors (Lipinski definition) is 1. The van der Waals surface area contributed by atoms with Gasteiger partial charge in [0.25, 0.3) is 0 Å². The van der Waals surface area contributed by atoms with E-state index in [-0.39, 0.29) is 0 Å². The summed E-state index contributed by atoms with van der Waals surface area (Å²) in [6.45, 7) is 5.05. The Morgan fingerprint density at radius 2 is 2.00 bits per heavy atom. The van der Waals surface area contributed by atoms with Crippen molar-refractivity contribution in [3.63, 3.8) is 0 Å². The quantitative estimate of drug-likeness (QED) is 0.458. The molecule has 0 aliphatic carbocycles. The molecule has 0 aliphatic rings. The SMILES string of the molecule is CCNSC.CP. The molecule has 1 N–H and O–H groups in total. The van der Waals surface area contributed by atoms with Crippen LogP contribution in [0.4, 0.5) is 0 Å². The minimum absolute atomic E-state index is 1.06. The molecule has 1 nitrogen and oxygen atoms in total. The summed E-state index contributed by atoms with van der Waals surface area (Å²) in [5, 5.41) is 0. The largest absolute Gasteiger partial charge is 0.265 e. The first-order valence-electron chi connectivity index (χ1n) is 2.25. The molecule has 0 saturated heterocycles. The van der Waals surface area contributed by atoms with E-state index in [1.54, 1.807) is 11.9 Å². The van der Waals surface area contributed by atoms with E-state index < -0.39 is 0 Å². The maximum atomic E-state index is 3.03. The predicted octanol–water partition coefficient (Wildman–Crippen LogP) is 1.37. The van der Waals surface area contributed by atoms with Crippen molar-refractivity contribution >= 4 is 21.2 Å². The Hall–Kier alpha value is 0.740. The maximum Gasteiger partial charge on any atom is 0.00299 e. The Balaban J connectivity index is 0. The molecule has 0 aromatic heterocycles. The van der Waals surface area contributed by atoms with Crippen molar-refractivity contribution in [1.29, 1.82) is 0 Å². The van der Waals surface area contributed by atoms with E-state index in [2.05, 4.69) is 20.9 Å². The van der Waals surface area contributed by atoms with Gasteiger partial charge in [-0.2, -0.15) is 0 Å². The first-order valence-corrected chi connectivity index (χ1v) is 4.63. The van der Waals surface area contributed by atoms with E-state index in [1.165, 1.54) is 0 Å². The monoisotopic (exact) mass is 139 g/mol. The van der Waals surface area contributed by atoms with E-state index in [4.69, 9.17) is 0 Å². The van der Waals surface area contributed by atoms with Crippen LogP contribution in [0.15, 0.2) is 0 Å². The predicted molar refractivity (Wildman–Crippen MR) is 42.8 cm³/mol. The first kappa shape index (κ1) is 10.7. The van der Waals surface area contributed by atoms with Crippen molar-refractivity contribution in [1.82, 2.24) is 4.72 Å². The van der Waals surface area contributed by atoms with Gasteiger partial charge in [0.1, 0.15) is 0 Å². The zero-order chi connectivity index (χ0) is 6.12. The van der Waals surface area contributed by atoms with Crippen LogP contribution in [0.25, 0.3) is 0 Å². The molecule has 0 radical (unpaired) electrons. The van der Waals surface area contributed by atoms with Gasteiger partial charge in [-0.1, -0.05) is 25.5 Å². The average molecular weight is 139 g/mol. The molecule has 7 heavy (non-hydrogen) atoms. The van der Waals surface area contributed by atoms with Gasteiger partial charge >= 0.3 is 0 Å². The van der Waals surface area contributed by atoms with E-state index in [0.717, 1.165) is 6.54 Å². The summed E-state index contributed by atoms with van der Waals surface area (Å²) in [4.78, 5) is 0. The van der Waals surface area contributed by atoms with Gasteiger partial charge in [0.05, 0.1) is 0 Å². The molecule has 0 heterocycles. The van der Waals surface area contributed by atoms with Gasteiger partial charge in [0.2, 0.25) is 0 Å². The smallest absolute Gasteiger partial charge is 0.00299 e. The van der Waals surface area contributed by atoms with Crippen molar-refractivity contribution in [2.45, 2.75) is 6.92 Å². The van der Waals surface area contributed by atoms with Gasteiger partial charge in [-0.05, 0) is 6.26 Å². The van der Waals surface area contributed by atoms with Crippen LogP contribution >= 0.6 is 21.2 Å². The molecule has 46 valence electrons. The number of rotatable bonds is 2. The van der Waals surface area contributed by atoms with Crippen LogP contribution in [0, 0.1) is 0 Å². The molecular weight excluding hydrogens is 125 g/mol. The minimum Gasteiger partial charge on any atom is -0.265 e. The second-order valence-electron chi connectivity index (χ2n) is 0.702. The van der Waals surface area contributed by atoms with Crippen molar-refractivity contribution in [2.24, 2.45) is 0 Å². The molecule has 0 rings (SSSR count).